The third-order valence-corrected chi connectivity index (χ3v) is 4.32. The van der Waals surface area contributed by atoms with Gasteiger partial charge in [-0.25, -0.2) is 0 Å². The first kappa shape index (κ1) is 9.26. The summed E-state index contributed by atoms with van der Waals surface area (Å²) in [5.41, 5.74) is 2.12. The lowest BCUT2D eigenvalue weighted by molar-refractivity contribution is 0.411. The molecule has 0 radical (unpaired) electrons. The van der Waals surface area contributed by atoms with Crippen LogP contribution in [0.2, 0.25) is 0 Å². The second-order valence-corrected chi connectivity index (χ2v) is 5.03. The smallest absolute Gasteiger partial charge is 0.118 e. The molecule has 2 fully saturated rings. The highest BCUT2D eigenvalue weighted by atomic mass is 16.5. The van der Waals surface area contributed by atoms with Gasteiger partial charge in [-0.3, -0.25) is 0 Å². The van der Waals surface area contributed by atoms with E-state index >= 15 is 0 Å². The Morgan fingerprint density at radius 2 is 2.00 bits per heavy atom. The van der Waals surface area contributed by atoms with E-state index in [0.717, 1.165) is 11.7 Å². The lowest BCUT2D eigenvalue weighted by Gasteiger charge is -2.22. The number of hydrogen-bond acceptors (Lipinski definition) is 1. The highest BCUT2D eigenvalue weighted by molar-refractivity contribution is 5.38. The molecule has 2 aliphatic carbocycles. The maximum absolute atomic E-state index is 5.20. The van der Waals surface area contributed by atoms with Crippen molar-refractivity contribution in [1.82, 2.24) is 0 Å². The standard InChI is InChI=1S/C14H18O/c1-15-13-7-5-11(6-8-13)14-9-3-2-4-12(14)10-14/h5-8,12H,2-4,9-10H2,1H3. The van der Waals surface area contributed by atoms with Crippen molar-refractivity contribution in [3.8, 4) is 5.75 Å². The van der Waals surface area contributed by atoms with E-state index in [1.807, 2.05) is 0 Å². The SMILES string of the molecule is COc1ccc(C23CCCCC2C3)cc1. The van der Waals surface area contributed by atoms with Gasteiger partial charge in [-0.05, 0) is 48.3 Å². The summed E-state index contributed by atoms with van der Waals surface area (Å²) in [5.74, 6) is 1.96. The van der Waals surface area contributed by atoms with Crippen molar-refractivity contribution in [2.24, 2.45) is 5.92 Å². The van der Waals surface area contributed by atoms with E-state index in [-0.39, 0.29) is 0 Å². The van der Waals surface area contributed by atoms with Crippen LogP contribution in [0.15, 0.2) is 24.3 Å². The van der Waals surface area contributed by atoms with Crippen LogP contribution in [0, 0.1) is 5.92 Å². The van der Waals surface area contributed by atoms with Gasteiger partial charge in [0.15, 0.2) is 0 Å². The van der Waals surface area contributed by atoms with Crippen LogP contribution in [0.1, 0.15) is 37.7 Å². The lowest BCUT2D eigenvalue weighted by Crippen LogP contribution is -2.13. The first-order valence-electron chi connectivity index (χ1n) is 6.00. The van der Waals surface area contributed by atoms with Gasteiger partial charge in [0.05, 0.1) is 7.11 Å². The molecule has 1 aromatic carbocycles. The van der Waals surface area contributed by atoms with Crippen LogP contribution < -0.4 is 4.74 Å². The first-order chi connectivity index (χ1) is 7.35. The highest BCUT2D eigenvalue weighted by Crippen LogP contribution is 2.62. The number of benzene rings is 1. The van der Waals surface area contributed by atoms with Gasteiger partial charge in [-0.15, -0.1) is 0 Å². The van der Waals surface area contributed by atoms with Gasteiger partial charge in [-0.2, -0.15) is 0 Å². The van der Waals surface area contributed by atoms with Gasteiger partial charge in [0.1, 0.15) is 5.75 Å². The van der Waals surface area contributed by atoms with E-state index < -0.39 is 0 Å². The Bertz CT molecular complexity index is 354. The Hall–Kier alpha value is -0.980. The molecule has 0 aliphatic heterocycles. The van der Waals surface area contributed by atoms with Crippen LogP contribution in [-0.2, 0) is 5.41 Å². The summed E-state index contributed by atoms with van der Waals surface area (Å²) in [6.45, 7) is 0. The number of methoxy groups -OCH3 is 1. The predicted octanol–water partition coefficient (Wildman–Crippen LogP) is 3.53. The van der Waals surface area contributed by atoms with E-state index in [2.05, 4.69) is 24.3 Å². The van der Waals surface area contributed by atoms with Gasteiger partial charge < -0.3 is 4.74 Å². The van der Waals surface area contributed by atoms with Gasteiger partial charge in [0.25, 0.3) is 0 Å². The average molecular weight is 202 g/mol. The zero-order valence-corrected chi connectivity index (χ0v) is 9.33. The van der Waals surface area contributed by atoms with E-state index in [1.54, 1.807) is 12.7 Å². The highest BCUT2D eigenvalue weighted by Gasteiger charge is 2.55. The Morgan fingerprint density at radius 3 is 2.67 bits per heavy atom. The molecule has 1 aromatic rings. The molecule has 0 N–H and O–H groups in total. The molecule has 3 rings (SSSR count). The first-order valence-corrected chi connectivity index (χ1v) is 6.00. The Kier molecular flexibility index (Phi) is 2.01. The van der Waals surface area contributed by atoms with Crippen LogP contribution in [0.4, 0.5) is 0 Å². The number of fused-ring (bicyclic) bond motifs is 1. The van der Waals surface area contributed by atoms with Crippen LogP contribution >= 0.6 is 0 Å². The minimum absolute atomic E-state index is 0.574. The van der Waals surface area contributed by atoms with Crippen LogP contribution in [0.25, 0.3) is 0 Å². The molecule has 0 aromatic heterocycles. The Balaban J connectivity index is 1.87. The summed E-state index contributed by atoms with van der Waals surface area (Å²) >= 11 is 0. The fraction of sp³-hybridized carbons (Fsp3) is 0.571. The minimum atomic E-state index is 0.574. The summed E-state index contributed by atoms with van der Waals surface area (Å²) in [6.07, 6.45) is 7.15. The van der Waals surface area contributed by atoms with Crippen molar-refractivity contribution in [1.29, 1.82) is 0 Å². The monoisotopic (exact) mass is 202 g/mol. The quantitative estimate of drug-likeness (QED) is 0.713. The van der Waals surface area contributed by atoms with E-state index in [1.165, 1.54) is 32.1 Å². The van der Waals surface area contributed by atoms with Crippen LogP contribution in [0.3, 0.4) is 0 Å². The van der Waals surface area contributed by atoms with Gasteiger partial charge >= 0.3 is 0 Å². The van der Waals surface area contributed by atoms with E-state index in [0.29, 0.717) is 5.41 Å². The molecule has 0 saturated heterocycles. The molecule has 0 amide bonds. The van der Waals surface area contributed by atoms with Crippen LogP contribution in [-0.4, -0.2) is 7.11 Å². The van der Waals surface area contributed by atoms with Gasteiger partial charge in [0.2, 0.25) is 0 Å². The van der Waals surface area contributed by atoms with E-state index in [4.69, 9.17) is 4.74 Å². The average Bonchev–Trinajstić information content (AvgIpc) is 3.05. The predicted molar refractivity (Wildman–Crippen MR) is 61.2 cm³/mol. The molecule has 1 heteroatoms. The third kappa shape index (κ3) is 1.37. The maximum atomic E-state index is 5.20. The minimum Gasteiger partial charge on any atom is -0.497 e. The van der Waals surface area contributed by atoms with Crippen LogP contribution in [0.5, 0.6) is 5.75 Å². The third-order valence-electron chi connectivity index (χ3n) is 4.32. The Morgan fingerprint density at radius 1 is 1.20 bits per heavy atom. The fourth-order valence-electron chi connectivity index (χ4n) is 3.32. The number of hydrogen-bond donors (Lipinski definition) is 0. The van der Waals surface area contributed by atoms with Crippen molar-refractivity contribution < 1.29 is 4.74 Å². The second kappa shape index (κ2) is 3.26. The van der Waals surface area contributed by atoms with Crippen molar-refractivity contribution in [2.45, 2.75) is 37.5 Å². The molecule has 2 atom stereocenters. The van der Waals surface area contributed by atoms with Crippen molar-refractivity contribution in [2.75, 3.05) is 7.11 Å². The lowest BCUT2D eigenvalue weighted by atomic mass is 9.83. The molecule has 1 nitrogen and oxygen atoms in total. The topological polar surface area (TPSA) is 9.23 Å². The Labute approximate surface area is 91.5 Å². The maximum Gasteiger partial charge on any atom is 0.118 e. The van der Waals surface area contributed by atoms with Crippen molar-refractivity contribution >= 4 is 0 Å². The summed E-state index contributed by atoms with van der Waals surface area (Å²) < 4.78 is 5.20. The molecule has 2 unspecified atom stereocenters. The summed E-state index contributed by atoms with van der Waals surface area (Å²) in [5, 5.41) is 0. The summed E-state index contributed by atoms with van der Waals surface area (Å²) in [6, 6.07) is 8.75. The molecule has 2 aliphatic rings. The second-order valence-electron chi connectivity index (χ2n) is 5.03. The normalized spacial score (nSPS) is 33.3. The largest absolute Gasteiger partial charge is 0.497 e. The zero-order chi connectivity index (χ0) is 10.3. The van der Waals surface area contributed by atoms with Crippen molar-refractivity contribution in [3.05, 3.63) is 29.8 Å². The summed E-state index contributed by atoms with van der Waals surface area (Å²) in [4.78, 5) is 0. The molecule has 2 saturated carbocycles. The molecular weight excluding hydrogens is 184 g/mol. The van der Waals surface area contributed by atoms with Crippen molar-refractivity contribution in [3.63, 3.8) is 0 Å². The van der Waals surface area contributed by atoms with E-state index in [9.17, 15) is 0 Å². The molecule has 0 spiro atoms. The van der Waals surface area contributed by atoms with Gasteiger partial charge in [-0.1, -0.05) is 25.0 Å². The zero-order valence-electron chi connectivity index (χ0n) is 9.33. The number of ether oxygens (including phenoxy) is 1. The molecular formula is C14H18O. The molecule has 80 valence electrons. The summed E-state index contributed by atoms with van der Waals surface area (Å²) in [7, 11) is 1.73. The molecule has 0 heterocycles. The van der Waals surface area contributed by atoms with Gasteiger partial charge in [0, 0.05) is 0 Å². The fourth-order valence-corrected chi connectivity index (χ4v) is 3.32. The molecule has 15 heavy (non-hydrogen) atoms. The molecule has 0 bridgehead atoms. The number of rotatable bonds is 2.